The predicted octanol–water partition coefficient (Wildman–Crippen LogP) is -0.419. The third-order valence-electron chi connectivity index (χ3n) is 4.93. The average molecular weight is 310 g/mol. The second-order valence-electron chi connectivity index (χ2n) is 6.50. The van der Waals surface area contributed by atoms with Gasteiger partial charge in [0.15, 0.2) is 0 Å². The normalized spacial score (nSPS) is 30.5. The summed E-state index contributed by atoms with van der Waals surface area (Å²) in [5.41, 5.74) is 0. The molecule has 0 unspecified atom stereocenters. The maximum Gasteiger partial charge on any atom is 0.317 e. The number of rotatable bonds is 3. The van der Waals surface area contributed by atoms with Crippen molar-refractivity contribution in [1.29, 1.82) is 0 Å². The van der Waals surface area contributed by atoms with Crippen LogP contribution in [0.1, 0.15) is 13.3 Å². The third-order valence-corrected chi connectivity index (χ3v) is 4.93. The van der Waals surface area contributed by atoms with Crippen LogP contribution in [0.5, 0.6) is 0 Å². The van der Waals surface area contributed by atoms with Crippen molar-refractivity contribution in [3.05, 3.63) is 0 Å². The van der Waals surface area contributed by atoms with Crippen LogP contribution in [0.3, 0.4) is 0 Å². The fourth-order valence-electron chi connectivity index (χ4n) is 3.63. The Bertz CT molecular complexity index is 425. The first-order valence-electron chi connectivity index (χ1n) is 8.27. The van der Waals surface area contributed by atoms with Crippen LogP contribution in [0.4, 0.5) is 4.79 Å². The Kier molecular flexibility index (Phi) is 4.83. The summed E-state index contributed by atoms with van der Waals surface area (Å²) in [4.78, 5) is 30.2. The summed E-state index contributed by atoms with van der Waals surface area (Å²) < 4.78 is 5.41. The molecule has 3 heterocycles. The minimum atomic E-state index is -0.114. The van der Waals surface area contributed by atoms with Gasteiger partial charge in [0.25, 0.3) is 0 Å². The quantitative estimate of drug-likeness (QED) is 0.769. The van der Waals surface area contributed by atoms with Crippen LogP contribution < -0.4 is 5.32 Å². The van der Waals surface area contributed by atoms with Crippen molar-refractivity contribution < 1.29 is 14.3 Å². The SMILES string of the molecule is C[C@H]1CN(C(=O)CN2CCCNC2=O)C[C@@H]1N1CCOCC1. The minimum Gasteiger partial charge on any atom is -0.379 e. The summed E-state index contributed by atoms with van der Waals surface area (Å²) in [6.07, 6.45) is 0.909. The van der Waals surface area contributed by atoms with Gasteiger partial charge in [-0.3, -0.25) is 9.69 Å². The zero-order valence-corrected chi connectivity index (χ0v) is 13.3. The van der Waals surface area contributed by atoms with Gasteiger partial charge in [0.05, 0.1) is 13.2 Å². The van der Waals surface area contributed by atoms with Crippen LogP contribution >= 0.6 is 0 Å². The molecule has 1 N–H and O–H groups in total. The van der Waals surface area contributed by atoms with E-state index in [9.17, 15) is 9.59 Å². The van der Waals surface area contributed by atoms with Gasteiger partial charge in [-0.25, -0.2) is 4.79 Å². The number of likely N-dealkylation sites (tertiary alicyclic amines) is 1. The lowest BCUT2D eigenvalue weighted by Crippen LogP contribution is -2.51. The first-order chi connectivity index (χ1) is 10.6. The Morgan fingerprint density at radius 1 is 1.27 bits per heavy atom. The molecule has 0 aromatic carbocycles. The van der Waals surface area contributed by atoms with E-state index >= 15 is 0 Å². The van der Waals surface area contributed by atoms with Crippen molar-refractivity contribution in [1.82, 2.24) is 20.0 Å². The molecule has 0 saturated carbocycles. The van der Waals surface area contributed by atoms with Gasteiger partial charge in [-0.1, -0.05) is 6.92 Å². The van der Waals surface area contributed by atoms with Gasteiger partial charge in [-0.15, -0.1) is 0 Å². The highest BCUT2D eigenvalue weighted by molar-refractivity contribution is 5.84. The molecule has 3 aliphatic heterocycles. The van der Waals surface area contributed by atoms with Gasteiger partial charge in [-0.2, -0.15) is 0 Å². The number of carbonyl (C=O) groups excluding carboxylic acids is 2. The van der Waals surface area contributed by atoms with Crippen LogP contribution in [0.25, 0.3) is 0 Å². The zero-order valence-electron chi connectivity index (χ0n) is 13.3. The number of ether oxygens (including phenoxy) is 1. The molecule has 2 atom stereocenters. The molecule has 124 valence electrons. The van der Waals surface area contributed by atoms with Crippen LogP contribution in [0.15, 0.2) is 0 Å². The molecular weight excluding hydrogens is 284 g/mol. The summed E-state index contributed by atoms with van der Waals surface area (Å²) >= 11 is 0. The predicted molar refractivity (Wildman–Crippen MR) is 81.5 cm³/mol. The highest BCUT2D eigenvalue weighted by Gasteiger charge is 2.37. The Balaban J connectivity index is 1.54. The van der Waals surface area contributed by atoms with Gasteiger partial charge in [0, 0.05) is 45.3 Å². The lowest BCUT2D eigenvalue weighted by molar-refractivity contribution is -0.131. The van der Waals surface area contributed by atoms with Gasteiger partial charge < -0.3 is 19.9 Å². The van der Waals surface area contributed by atoms with Crippen molar-refractivity contribution in [2.75, 3.05) is 59.0 Å². The molecule has 3 saturated heterocycles. The maximum atomic E-state index is 12.5. The molecule has 0 radical (unpaired) electrons. The van der Waals surface area contributed by atoms with Gasteiger partial charge in [0.2, 0.25) is 5.91 Å². The third kappa shape index (κ3) is 3.35. The Morgan fingerprint density at radius 2 is 2.05 bits per heavy atom. The van der Waals surface area contributed by atoms with Crippen molar-refractivity contribution in [2.24, 2.45) is 5.92 Å². The fourth-order valence-corrected chi connectivity index (χ4v) is 3.63. The molecule has 22 heavy (non-hydrogen) atoms. The number of nitrogens with one attached hydrogen (secondary N) is 1. The lowest BCUT2D eigenvalue weighted by atomic mass is 10.0. The smallest absolute Gasteiger partial charge is 0.317 e. The van der Waals surface area contributed by atoms with E-state index in [2.05, 4.69) is 17.1 Å². The summed E-state index contributed by atoms with van der Waals surface area (Å²) in [7, 11) is 0. The Morgan fingerprint density at radius 3 is 2.77 bits per heavy atom. The number of urea groups is 1. The number of morpholine rings is 1. The highest BCUT2D eigenvalue weighted by Crippen LogP contribution is 2.23. The molecule has 3 aliphatic rings. The molecule has 0 aromatic rings. The van der Waals surface area contributed by atoms with Crippen LogP contribution in [-0.2, 0) is 9.53 Å². The summed E-state index contributed by atoms with van der Waals surface area (Å²) in [5, 5.41) is 2.79. The molecular formula is C15H26N4O3. The lowest BCUT2D eigenvalue weighted by Gasteiger charge is -2.34. The number of nitrogens with zero attached hydrogens (tertiary/aromatic N) is 3. The molecule has 3 fully saturated rings. The number of hydrogen-bond acceptors (Lipinski definition) is 4. The van der Waals surface area contributed by atoms with Crippen LogP contribution in [-0.4, -0.2) is 91.7 Å². The molecule has 0 aliphatic carbocycles. The van der Waals surface area contributed by atoms with E-state index in [4.69, 9.17) is 4.74 Å². The monoisotopic (exact) mass is 310 g/mol. The van der Waals surface area contributed by atoms with Crippen molar-refractivity contribution >= 4 is 11.9 Å². The van der Waals surface area contributed by atoms with Crippen LogP contribution in [0, 0.1) is 5.92 Å². The van der Waals surface area contributed by atoms with Gasteiger partial charge >= 0.3 is 6.03 Å². The molecule has 3 amide bonds. The summed E-state index contributed by atoms with van der Waals surface area (Å²) in [6.45, 7) is 8.83. The van der Waals surface area contributed by atoms with E-state index in [1.165, 1.54) is 0 Å². The first-order valence-corrected chi connectivity index (χ1v) is 8.27. The standard InChI is InChI=1S/C15H26N4O3/c1-12-9-19(10-13(12)17-5-7-22-8-6-17)14(20)11-18-4-2-3-16-15(18)21/h12-13H,2-11H2,1H3,(H,16,21)/t12-,13-/m0/s1. The number of carbonyl (C=O) groups is 2. The summed E-state index contributed by atoms with van der Waals surface area (Å²) in [6, 6.07) is 0.305. The summed E-state index contributed by atoms with van der Waals surface area (Å²) in [5.74, 6) is 0.539. The molecule has 7 nitrogen and oxygen atoms in total. The topological polar surface area (TPSA) is 65.1 Å². The van der Waals surface area contributed by atoms with Crippen molar-refractivity contribution in [3.8, 4) is 0 Å². The Hall–Kier alpha value is -1.34. The molecule has 7 heteroatoms. The average Bonchev–Trinajstić information content (AvgIpc) is 2.92. The molecule has 0 aromatic heterocycles. The van der Waals surface area contributed by atoms with Crippen LogP contribution in [0.2, 0.25) is 0 Å². The van der Waals surface area contributed by atoms with E-state index < -0.39 is 0 Å². The minimum absolute atomic E-state index is 0.0691. The van der Waals surface area contributed by atoms with E-state index in [0.717, 1.165) is 45.8 Å². The number of hydrogen-bond donors (Lipinski definition) is 1. The second-order valence-corrected chi connectivity index (χ2v) is 6.50. The Labute approximate surface area is 131 Å². The van der Waals surface area contributed by atoms with Crippen molar-refractivity contribution in [2.45, 2.75) is 19.4 Å². The second kappa shape index (κ2) is 6.83. The molecule has 0 spiro atoms. The molecule has 0 bridgehead atoms. The molecule has 3 rings (SSSR count). The van der Waals surface area contributed by atoms with E-state index in [-0.39, 0.29) is 18.5 Å². The zero-order chi connectivity index (χ0) is 15.5. The van der Waals surface area contributed by atoms with Gasteiger partial charge in [0.1, 0.15) is 6.54 Å². The van der Waals surface area contributed by atoms with E-state index in [1.54, 1.807) is 4.90 Å². The largest absolute Gasteiger partial charge is 0.379 e. The first kappa shape index (κ1) is 15.6. The highest BCUT2D eigenvalue weighted by atomic mass is 16.5. The maximum absolute atomic E-state index is 12.5. The van der Waals surface area contributed by atoms with Crippen molar-refractivity contribution in [3.63, 3.8) is 0 Å². The fraction of sp³-hybridized carbons (Fsp3) is 0.867. The van der Waals surface area contributed by atoms with E-state index in [1.807, 2.05) is 4.90 Å². The van der Waals surface area contributed by atoms with E-state index in [0.29, 0.717) is 25.0 Å². The van der Waals surface area contributed by atoms with Gasteiger partial charge in [-0.05, 0) is 12.3 Å². The number of amides is 3.